The average Bonchev–Trinajstić information content (AvgIpc) is 2.86. The third kappa shape index (κ3) is 2.93. The summed E-state index contributed by atoms with van der Waals surface area (Å²) in [5.74, 6) is 0.627. The smallest absolute Gasteiger partial charge is 0.0779 e. The predicted octanol–water partition coefficient (Wildman–Crippen LogP) is 2.74. The highest BCUT2D eigenvalue weighted by atomic mass is 16.5. The van der Waals surface area contributed by atoms with Gasteiger partial charge in [-0.05, 0) is 37.8 Å². The first-order valence-electron chi connectivity index (χ1n) is 7.44. The van der Waals surface area contributed by atoms with Gasteiger partial charge < -0.3 is 15.4 Å². The van der Waals surface area contributed by atoms with E-state index in [0.717, 1.165) is 26.2 Å². The van der Waals surface area contributed by atoms with Gasteiger partial charge in [-0.3, -0.25) is 0 Å². The largest absolute Gasteiger partial charge is 0.385 e. The summed E-state index contributed by atoms with van der Waals surface area (Å²) in [6.07, 6.45) is 3.60. The normalized spacial score (nSPS) is 29.8. The molecule has 2 atom stereocenters. The number of fused-ring (bicyclic) bond motifs is 1. The Kier molecular flexibility index (Phi) is 3.76. The van der Waals surface area contributed by atoms with E-state index < -0.39 is 0 Å². The molecule has 0 aromatic heterocycles. The Morgan fingerprint density at radius 3 is 3.16 bits per heavy atom. The van der Waals surface area contributed by atoms with Crippen LogP contribution < -0.4 is 10.6 Å². The molecule has 104 valence electrons. The van der Waals surface area contributed by atoms with E-state index in [-0.39, 0.29) is 5.60 Å². The van der Waals surface area contributed by atoms with Crippen LogP contribution in [0.3, 0.4) is 0 Å². The number of rotatable bonds is 4. The van der Waals surface area contributed by atoms with E-state index in [1.807, 2.05) is 0 Å². The van der Waals surface area contributed by atoms with Crippen molar-refractivity contribution >= 4 is 5.69 Å². The molecular formula is C16H24N2O. The monoisotopic (exact) mass is 260 g/mol. The fourth-order valence-corrected chi connectivity index (χ4v) is 3.25. The van der Waals surface area contributed by atoms with E-state index in [2.05, 4.69) is 41.8 Å². The number of benzene rings is 1. The molecule has 1 aromatic rings. The van der Waals surface area contributed by atoms with Gasteiger partial charge in [-0.1, -0.05) is 18.2 Å². The molecule has 3 nitrogen and oxygen atoms in total. The molecule has 0 amide bonds. The molecule has 3 rings (SSSR count). The Labute approximate surface area is 115 Å². The van der Waals surface area contributed by atoms with Crippen LogP contribution in [0.5, 0.6) is 0 Å². The molecule has 0 aliphatic carbocycles. The zero-order chi connectivity index (χ0) is 13.1. The van der Waals surface area contributed by atoms with E-state index in [0.29, 0.717) is 5.92 Å². The van der Waals surface area contributed by atoms with Gasteiger partial charge in [0.2, 0.25) is 0 Å². The SMILES string of the molecule is CC1(CNCC2CCNc3ccccc32)CCCO1. The molecule has 0 radical (unpaired) electrons. The minimum atomic E-state index is 0.0619. The Hall–Kier alpha value is -1.06. The summed E-state index contributed by atoms with van der Waals surface area (Å²) in [5, 5.41) is 7.10. The summed E-state index contributed by atoms with van der Waals surface area (Å²) in [7, 11) is 0. The van der Waals surface area contributed by atoms with Crippen molar-refractivity contribution < 1.29 is 4.74 Å². The van der Waals surface area contributed by atoms with Crippen LogP contribution in [0, 0.1) is 0 Å². The van der Waals surface area contributed by atoms with Crippen molar-refractivity contribution in [3.63, 3.8) is 0 Å². The Morgan fingerprint density at radius 2 is 2.32 bits per heavy atom. The second kappa shape index (κ2) is 5.51. The van der Waals surface area contributed by atoms with Crippen molar-refractivity contribution in [3.8, 4) is 0 Å². The molecule has 1 aromatic carbocycles. The quantitative estimate of drug-likeness (QED) is 0.873. The lowest BCUT2D eigenvalue weighted by molar-refractivity contribution is 0.0207. The average molecular weight is 260 g/mol. The van der Waals surface area contributed by atoms with Crippen LogP contribution in [0.25, 0.3) is 0 Å². The van der Waals surface area contributed by atoms with E-state index in [9.17, 15) is 0 Å². The fraction of sp³-hybridized carbons (Fsp3) is 0.625. The second-order valence-electron chi connectivity index (χ2n) is 6.03. The molecule has 1 fully saturated rings. The molecule has 2 heterocycles. The summed E-state index contributed by atoms with van der Waals surface area (Å²) in [6, 6.07) is 8.68. The Balaban J connectivity index is 1.56. The molecule has 2 aliphatic rings. The topological polar surface area (TPSA) is 33.3 Å². The summed E-state index contributed by atoms with van der Waals surface area (Å²) in [6.45, 7) is 6.26. The van der Waals surface area contributed by atoms with E-state index >= 15 is 0 Å². The molecule has 2 aliphatic heterocycles. The van der Waals surface area contributed by atoms with Gasteiger partial charge in [0.25, 0.3) is 0 Å². The van der Waals surface area contributed by atoms with Crippen LogP contribution in [-0.2, 0) is 4.74 Å². The minimum absolute atomic E-state index is 0.0619. The lowest BCUT2D eigenvalue weighted by atomic mass is 9.90. The van der Waals surface area contributed by atoms with Crippen LogP contribution in [0.1, 0.15) is 37.7 Å². The molecule has 3 heteroatoms. The van der Waals surface area contributed by atoms with Crippen LogP contribution >= 0.6 is 0 Å². The van der Waals surface area contributed by atoms with Gasteiger partial charge in [-0.2, -0.15) is 0 Å². The number of anilines is 1. The number of ether oxygens (including phenoxy) is 1. The maximum absolute atomic E-state index is 5.82. The molecule has 0 bridgehead atoms. The Morgan fingerprint density at radius 1 is 1.42 bits per heavy atom. The van der Waals surface area contributed by atoms with Gasteiger partial charge >= 0.3 is 0 Å². The highest BCUT2D eigenvalue weighted by Crippen LogP contribution is 2.31. The molecule has 2 unspecified atom stereocenters. The summed E-state index contributed by atoms with van der Waals surface area (Å²) < 4.78 is 5.82. The van der Waals surface area contributed by atoms with Gasteiger partial charge in [0.1, 0.15) is 0 Å². The van der Waals surface area contributed by atoms with Crippen LogP contribution in [0.4, 0.5) is 5.69 Å². The van der Waals surface area contributed by atoms with Crippen LogP contribution in [0.2, 0.25) is 0 Å². The highest BCUT2D eigenvalue weighted by Gasteiger charge is 2.29. The number of hydrogen-bond donors (Lipinski definition) is 2. The van der Waals surface area contributed by atoms with Crippen molar-refractivity contribution in [2.75, 3.05) is 31.6 Å². The van der Waals surface area contributed by atoms with Gasteiger partial charge in [0.15, 0.2) is 0 Å². The molecule has 0 saturated carbocycles. The van der Waals surface area contributed by atoms with E-state index in [1.165, 1.54) is 30.5 Å². The first-order chi connectivity index (χ1) is 9.27. The Bertz CT molecular complexity index is 427. The van der Waals surface area contributed by atoms with Crippen molar-refractivity contribution in [3.05, 3.63) is 29.8 Å². The van der Waals surface area contributed by atoms with E-state index in [4.69, 9.17) is 4.74 Å². The summed E-state index contributed by atoms with van der Waals surface area (Å²) in [4.78, 5) is 0. The molecule has 1 saturated heterocycles. The van der Waals surface area contributed by atoms with Gasteiger partial charge in [-0.25, -0.2) is 0 Å². The third-order valence-corrected chi connectivity index (χ3v) is 4.40. The van der Waals surface area contributed by atoms with Crippen molar-refractivity contribution in [2.24, 2.45) is 0 Å². The zero-order valence-corrected chi connectivity index (χ0v) is 11.7. The number of hydrogen-bond acceptors (Lipinski definition) is 3. The lowest BCUT2D eigenvalue weighted by Crippen LogP contribution is -2.39. The molecule has 0 spiro atoms. The third-order valence-electron chi connectivity index (χ3n) is 4.40. The lowest BCUT2D eigenvalue weighted by Gasteiger charge is -2.29. The van der Waals surface area contributed by atoms with Crippen LogP contribution in [-0.4, -0.2) is 31.8 Å². The summed E-state index contributed by atoms with van der Waals surface area (Å²) >= 11 is 0. The standard InChI is InChI=1S/C16H24N2O/c1-16(8-4-10-19-16)12-17-11-13-7-9-18-15-6-3-2-5-14(13)15/h2-3,5-6,13,17-18H,4,7-12H2,1H3. The molecular weight excluding hydrogens is 236 g/mol. The van der Waals surface area contributed by atoms with Crippen molar-refractivity contribution in [1.82, 2.24) is 5.32 Å². The second-order valence-corrected chi connectivity index (χ2v) is 6.03. The van der Waals surface area contributed by atoms with E-state index in [1.54, 1.807) is 0 Å². The van der Waals surface area contributed by atoms with Crippen molar-refractivity contribution in [2.45, 2.75) is 37.7 Å². The minimum Gasteiger partial charge on any atom is -0.385 e. The highest BCUT2D eigenvalue weighted by molar-refractivity contribution is 5.54. The van der Waals surface area contributed by atoms with Gasteiger partial charge in [-0.15, -0.1) is 0 Å². The maximum Gasteiger partial charge on any atom is 0.0779 e. The molecule has 2 N–H and O–H groups in total. The molecule has 19 heavy (non-hydrogen) atoms. The fourth-order valence-electron chi connectivity index (χ4n) is 3.25. The first-order valence-corrected chi connectivity index (χ1v) is 7.44. The summed E-state index contributed by atoms with van der Waals surface area (Å²) in [5.41, 5.74) is 2.83. The predicted molar refractivity (Wildman–Crippen MR) is 78.8 cm³/mol. The number of nitrogens with one attached hydrogen (secondary N) is 2. The number of para-hydroxylation sites is 1. The first kappa shape index (κ1) is 12.9. The van der Waals surface area contributed by atoms with Crippen molar-refractivity contribution in [1.29, 1.82) is 0 Å². The zero-order valence-electron chi connectivity index (χ0n) is 11.7. The van der Waals surface area contributed by atoms with Crippen LogP contribution in [0.15, 0.2) is 24.3 Å². The van der Waals surface area contributed by atoms with Gasteiger partial charge in [0, 0.05) is 37.8 Å². The maximum atomic E-state index is 5.82. The van der Waals surface area contributed by atoms with Gasteiger partial charge in [0.05, 0.1) is 5.60 Å².